The molecule has 0 aliphatic carbocycles. The molecule has 0 aliphatic heterocycles. The lowest BCUT2D eigenvalue weighted by Crippen LogP contribution is -2.39. The predicted octanol–water partition coefficient (Wildman–Crippen LogP) is 1.85. The summed E-state index contributed by atoms with van der Waals surface area (Å²) in [6, 6.07) is 8.13. The Morgan fingerprint density at radius 1 is 1.29 bits per heavy atom. The van der Waals surface area contributed by atoms with Crippen molar-refractivity contribution < 1.29 is 14.7 Å². The molecular weight excluding hydrogens is 272 g/mol. The number of carboxylic acids is 1. The third-order valence-electron chi connectivity index (χ3n) is 2.83. The molecule has 1 aromatic carbocycles. The third kappa shape index (κ3) is 3.82. The van der Waals surface area contributed by atoms with E-state index in [1.165, 1.54) is 0 Å². The minimum Gasteiger partial charge on any atom is -0.480 e. The number of hydrogen-bond acceptors (Lipinski definition) is 3. The molecule has 0 saturated heterocycles. The summed E-state index contributed by atoms with van der Waals surface area (Å²) in [5.74, 6) is -0.725. The lowest BCUT2D eigenvalue weighted by Gasteiger charge is -2.20. The Morgan fingerprint density at radius 3 is 2.48 bits per heavy atom. The van der Waals surface area contributed by atoms with Crippen molar-refractivity contribution in [3.63, 3.8) is 0 Å². The number of benzene rings is 1. The minimum absolute atomic E-state index is 0.366. The first-order chi connectivity index (χ1) is 9.95. The molecule has 110 valence electrons. The number of nitrogens with one attached hydrogen (secondary N) is 1. The molecule has 0 atom stereocenters. The van der Waals surface area contributed by atoms with Crippen molar-refractivity contribution in [1.29, 1.82) is 0 Å². The van der Waals surface area contributed by atoms with Crippen LogP contribution in [0, 0.1) is 6.92 Å². The van der Waals surface area contributed by atoms with Crippen LogP contribution in [0.2, 0.25) is 0 Å². The summed E-state index contributed by atoms with van der Waals surface area (Å²) in [7, 11) is 1.73. The summed E-state index contributed by atoms with van der Waals surface area (Å²) in [5, 5.41) is 15.6. The molecule has 0 unspecified atom stereocenters. The van der Waals surface area contributed by atoms with E-state index in [9.17, 15) is 9.59 Å². The van der Waals surface area contributed by atoms with Crippen LogP contribution < -0.4 is 10.2 Å². The number of aliphatic carboxylic acids is 1. The van der Waals surface area contributed by atoms with Crippen molar-refractivity contribution in [3.8, 4) is 0 Å². The molecule has 0 radical (unpaired) electrons. The maximum Gasteiger partial charge on any atom is 0.328 e. The molecule has 0 aliphatic rings. The third-order valence-corrected chi connectivity index (χ3v) is 2.83. The Labute approximate surface area is 121 Å². The normalized spacial score (nSPS) is 10.2. The zero-order chi connectivity index (χ0) is 15.4. The number of amides is 2. The fourth-order valence-corrected chi connectivity index (χ4v) is 1.80. The highest BCUT2D eigenvalue weighted by Crippen LogP contribution is 2.16. The van der Waals surface area contributed by atoms with Gasteiger partial charge in [-0.15, -0.1) is 0 Å². The Bertz CT molecular complexity index is 648. The van der Waals surface area contributed by atoms with Crippen molar-refractivity contribution >= 4 is 23.5 Å². The fourth-order valence-electron chi connectivity index (χ4n) is 1.80. The van der Waals surface area contributed by atoms with Gasteiger partial charge in [0.25, 0.3) is 0 Å². The summed E-state index contributed by atoms with van der Waals surface area (Å²) in [6.45, 7) is 1.49. The van der Waals surface area contributed by atoms with Crippen LogP contribution in [0.25, 0.3) is 0 Å². The topological polar surface area (TPSA) is 87.5 Å². The van der Waals surface area contributed by atoms with Gasteiger partial charge in [-0.05, 0) is 19.1 Å². The van der Waals surface area contributed by atoms with Gasteiger partial charge in [-0.2, -0.15) is 5.10 Å². The predicted molar refractivity (Wildman–Crippen MR) is 78.4 cm³/mol. The number of carbonyl (C=O) groups is 2. The van der Waals surface area contributed by atoms with Gasteiger partial charge in [0.15, 0.2) is 5.82 Å². The molecule has 2 N–H and O–H groups in total. The lowest BCUT2D eigenvalue weighted by molar-refractivity contribution is -0.135. The van der Waals surface area contributed by atoms with Crippen molar-refractivity contribution in [2.75, 3.05) is 16.8 Å². The van der Waals surface area contributed by atoms with E-state index in [1.54, 1.807) is 36.1 Å². The van der Waals surface area contributed by atoms with Gasteiger partial charge < -0.3 is 5.11 Å². The maximum atomic E-state index is 12.2. The lowest BCUT2D eigenvalue weighted by atomic mass is 10.2. The number of hydrogen-bond donors (Lipinski definition) is 2. The molecule has 2 rings (SSSR count). The molecule has 7 nitrogen and oxygen atoms in total. The van der Waals surface area contributed by atoms with Crippen LogP contribution in [0.1, 0.15) is 5.56 Å². The number of carboxylic acid groups (broad SMARTS) is 1. The van der Waals surface area contributed by atoms with Gasteiger partial charge in [0.05, 0.1) is 0 Å². The number of carbonyl (C=O) groups excluding carboxylic acids is 1. The Kier molecular flexibility index (Phi) is 4.22. The number of anilines is 2. The van der Waals surface area contributed by atoms with Crippen LogP contribution in [0.4, 0.5) is 16.3 Å². The summed E-state index contributed by atoms with van der Waals surface area (Å²) < 4.78 is 1.54. The molecule has 1 heterocycles. The summed E-state index contributed by atoms with van der Waals surface area (Å²) in [6.07, 6.45) is 1.68. The number of nitrogens with zero attached hydrogens (tertiary/aromatic N) is 3. The Hall–Kier alpha value is -2.83. The van der Waals surface area contributed by atoms with E-state index < -0.39 is 18.5 Å². The van der Waals surface area contributed by atoms with E-state index in [4.69, 9.17) is 5.11 Å². The minimum atomic E-state index is -1.09. The van der Waals surface area contributed by atoms with E-state index in [2.05, 4.69) is 10.4 Å². The summed E-state index contributed by atoms with van der Waals surface area (Å²) in [5.41, 5.74) is 1.54. The molecule has 0 saturated carbocycles. The van der Waals surface area contributed by atoms with Crippen molar-refractivity contribution in [2.24, 2.45) is 7.05 Å². The molecule has 2 aromatic rings. The standard InChI is InChI=1S/C14H16N4O3/c1-10-3-5-11(6-4-10)18(9-13(19)20)14(21)15-12-7-8-17(2)16-12/h3-8H,9H2,1-2H3,(H,19,20)(H,15,16,21). The number of aryl methyl sites for hydroxylation is 2. The first kappa shape index (κ1) is 14.6. The maximum absolute atomic E-state index is 12.2. The van der Waals surface area contributed by atoms with Gasteiger partial charge in [-0.1, -0.05) is 17.7 Å². The highest BCUT2D eigenvalue weighted by molar-refractivity contribution is 6.03. The quantitative estimate of drug-likeness (QED) is 0.898. The molecule has 7 heteroatoms. The second kappa shape index (κ2) is 6.08. The van der Waals surface area contributed by atoms with E-state index >= 15 is 0 Å². The molecule has 0 spiro atoms. The fraction of sp³-hybridized carbons (Fsp3) is 0.214. The van der Waals surface area contributed by atoms with E-state index in [-0.39, 0.29) is 0 Å². The summed E-state index contributed by atoms with van der Waals surface area (Å²) >= 11 is 0. The van der Waals surface area contributed by atoms with Gasteiger partial charge in [-0.3, -0.25) is 19.7 Å². The highest BCUT2D eigenvalue weighted by Gasteiger charge is 2.19. The van der Waals surface area contributed by atoms with Crippen molar-refractivity contribution in [1.82, 2.24) is 9.78 Å². The SMILES string of the molecule is Cc1ccc(N(CC(=O)O)C(=O)Nc2ccn(C)n2)cc1. The van der Waals surface area contributed by atoms with E-state index in [0.717, 1.165) is 10.5 Å². The van der Waals surface area contributed by atoms with Crippen LogP contribution in [0.3, 0.4) is 0 Å². The first-order valence-corrected chi connectivity index (χ1v) is 6.32. The van der Waals surface area contributed by atoms with E-state index in [1.807, 2.05) is 19.1 Å². The first-order valence-electron chi connectivity index (χ1n) is 6.32. The average molecular weight is 288 g/mol. The molecule has 21 heavy (non-hydrogen) atoms. The molecular formula is C14H16N4O3. The van der Waals surface area contributed by atoms with Crippen LogP contribution in [0.5, 0.6) is 0 Å². The van der Waals surface area contributed by atoms with Gasteiger partial charge in [-0.25, -0.2) is 4.79 Å². The Morgan fingerprint density at radius 2 is 1.95 bits per heavy atom. The van der Waals surface area contributed by atoms with E-state index in [0.29, 0.717) is 11.5 Å². The summed E-state index contributed by atoms with van der Waals surface area (Å²) in [4.78, 5) is 24.4. The largest absolute Gasteiger partial charge is 0.480 e. The Balaban J connectivity index is 2.20. The van der Waals surface area contributed by atoms with Crippen LogP contribution in [-0.2, 0) is 11.8 Å². The van der Waals surface area contributed by atoms with Crippen molar-refractivity contribution in [2.45, 2.75) is 6.92 Å². The molecule has 2 amide bonds. The zero-order valence-corrected chi connectivity index (χ0v) is 11.8. The molecule has 0 fully saturated rings. The zero-order valence-electron chi connectivity index (χ0n) is 11.8. The van der Waals surface area contributed by atoms with Crippen molar-refractivity contribution in [3.05, 3.63) is 42.1 Å². The van der Waals surface area contributed by atoms with Gasteiger partial charge in [0.1, 0.15) is 6.54 Å². The van der Waals surface area contributed by atoms with Gasteiger partial charge >= 0.3 is 12.0 Å². The number of rotatable bonds is 4. The highest BCUT2D eigenvalue weighted by atomic mass is 16.4. The van der Waals surface area contributed by atoms with Gasteiger partial charge in [0, 0.05) is 25.0 Å². The van der Waals surface area contributed by atoms with Crippen LogP contribution >= 0.6 is 0 Å². The second-order valence-electron chi connectivity index (χ2n) is 4.62. The average Bonchev–Trinajstić information content (AvgIpc) is 2.82. The smallest absolute Gasteiger partial charge is 0.328 e. The number of aromatic nitrogens is 2. The van der Waals surface area contributed by atoms with Crippen LogP contribution in [0.15, 0.2) is 36.5 Å². The van der Waals surface area contributed by atoms with Crippen LogP contribution in [-0.4, -0.2) is 33.4 Å². The molecule has 0 bridgehead atoms. The second-order valence-corrected chi connectivity index (χ2v) is 4.62. The molecule has 1 aromatic heterocycles. The van der Waals surface area contributed by atoms with Gasteiger partial charge in [0.2, 0.25) is 0 Å². The number of urea groups is 1. The monoisotopic (exact) mass is 288 g/mol.